The molecule has 0 bridgehead atoms. The molecule has 4 atom stereocenters. The Kier molecular flexibility index (Phi) is 4.72. The zero-order chi connectivity index (χ0) is 17.4. The number of hydrogen-bond acceptors (Lipinski definition) is 8. The molecule has 0 amide bonds. The van der Waals surface area contributed by atoms with Crippen molar-refractivity contribution in [3.05, 3.63) is 23.9 Å². The van der Waals surface area contributed by atoms with E-state index >= 15 is 0 Å². The minimum atomic E-state index is -1.94. The van der Waals surface area contributed by atoms with E-state index in [0.29, 0.717) is 5.69 Å². The summed E-state index contributed by atoms with van der Waals surface area (Å²) in [5.74, 6) is -2.79. The Hall–Kier alpha value is -1.61. The third-order valence-electron chi connectivity index (χ3n) is 3.99. The van der Waals surface area contributed by atoms with Gasteiger partial charge in [-0.25, -0.2) is 0 Å². The molecule has 127 valence electrons. The predicted octanol–water partition coefficient (Wildman–Crippen LogP) is -0.0615. The molecule has 1 radical (unpaired) electrons. The lowest BCUT2D eigenvalue weighted by molar-refractivity contribution is -0.182. The van der Waals surface area contributed by atoms with Crippen molar-refractivity contribution in [1.29, 1.82) is 0 Å². The van der Waals surface area contributed by atoms with E-state index in [1.54, 1.807) is 6.92 Å². The summed E-state index contributed by atoms with van der Waals surface area (Å²) in [6.07, 6.45) is -1.24. The Balaban J connectivity index is 1.81. The van der Waals surface area contributed by atoms with Crippen LogP contribution in [0, 0.1) is 13.3 Å². The third-order valence-corrected chi connectivity index (χ3v) is 3.99. The predicted molar refractivity (Wildman–Crippen MR) is 76.2 cm³/mol. The quantitative estimate of drug-likeness (QED) is 0.344. The molecule has 1 aliphatic rings. The fourth-order valence-electron chi connectivity index (χ4n) is 2.15. The van der Waals surface area contributed by atoms with Gasteiger partial charge in [0, 0.05) is 18.9 Å². The lowest BCUT2D eigenvalue weighted by atomic mass is 9.89. The number of aromatic nitrogens is 1. The smallest absolute Gasteiger partial charge is 0.225 e. The van der Waals surface area contributed by atoms with Gasteiger partial charge in [0.15, 0.2) is 0 Å². The van der Waals surface area contributed by atoms with Crippen LogP contribution in [0.15, 0.2) is 10.6 Å². The van der Waals surface area contributed by atoms with Gasteiger partial charge in [-0.05, 0) is 20.8 Å². The molecule has 8 heteroatoms. The molecule has 2 rings (SSSR count). The molecule has 8 nitrogen and oxygen atoms in total. The second-order valence-electron chi connectivity index (χ2n) is 5.97. The highest BCUT2D eigenvalue weighted by Crippen LogP contribution is 2.46. The second-order valence-corrected chi connectivity index (χ2v) is 5.97. The molecule has 0 aromatic carbocycles. The van der Waals surface area contributed by atoms with Gasteiger partial charge in [-0.15, -0.1) is 0 Å². The van der Waals surface area contributed by atoms with E-state index in [2.05, 4.69) is 5.16 Å². The summed E-state index contributed by atoms with van der Waals surface area (Å²) in [7, 11) is 0. The van der Waals surface area contributed by atoms with E-state index in [1.807, 2.05) is 0 Å². The molecule has 0 unspecified atom stereocenters. The normalized spacial score (nSPS) is 27.3. The molecule has 1 fully saturated rings. The summed E-state index contributed by atoms with van der Waals surface area (Å²) in [6.45, 7) is 4.22. The number of aliphatic hydroxyl groups is 3. The maximum Gasteiger partial charge on any atom is 0.225 e. The van der Waals surface area contributed by atoms with Gasteiger partial charge < -0.3 is 24.6 Å². The minimum absolute atomic E-state index is 0.0204. The number of epoxide rings is 1. The van der Waals surface area contributed by atoms with Crippen LogP contribution in [0.1, 0.15) is 42.9 Å². The zero-order valence-electron chi connectivity index (χ0n) is 13.1. The lowest BCUT2D eigenvalue weighted by Crippen LogP contribution is -2.52. The highest BCUT2D eigenvalue weighted by atomic mass is 16.8. The number of aryl methyl sites for hydroxylation is 1. The Labute approximate surface area is 133 Å². The van der Waals surface area contributed by atoms with E-state index < -0.39 is 35.2 Å². The van der Waals surface area contributed by atoms with Crippen LogP contribution in [0.2, 0.25) is 0 Å². The van der Waals surface area contributed by atoms with E-state index in [9.17, 15) is 24.9 Å². The number of aliphatic hydroxyl groups excluding tert-OH is 1. The number of Topliss-reactive ketones (excluding diaryl/α,β-unsaturated/α-hetero) is 2. The monoisotopic (exact) mass is 326 g/mol. The van der Waals surface area contributed by atoms with Crippen LogP contribution in [0.5, 0.6) is 0 Å². The molecule has 0 saturated carbocycles. The standard InChI is InChI=1S/C15H20NO7/c1-8-6-12(23-16-8)11(19)7-10(18)4-5-13-15(21,22-13)14(3,20)9(2)17/h5-6,9,13,17,20-21H,4,7H2,1-3H3/t9-,13-,14+,15+/m0/s1. The van der Waals surface area contributed by atoms with Crippen LogP contribution in [-0.2, 0) is 9.53 Å². The number of ketones is 2. The topological polar surface area (TPSA) is 133 Å². The van der Waals surface area contributed by atoms with E-state index in [-0.39, 0.29) is 18.6 Å². The van der Waals surface area contributed by atoms with Gasteiger partial charge in [-0.1, -0.05) is 5.16 Å². The van der Waals surface area contributed by atoms with E-state index in [1.165, 1.54) is 26.3 Å². The second kappa shape index (κ2) is 6.12. The minimum Gasteiger partial charge on any atom is -0.390 e. The summed E-state index contributed by atoms with van der Waals surface area (Å²) >= 11 is 0. The number of hydrogen-bond donors (Lipinski definition) is 3. The number of ether oxygens (including phenoxy) is 1. The first-order valence-electron chi connectivity index (χ1n) is 7.20. The van der Waals surface area contributed by atoms with Crippen molar-refractivity contribution < 1.29 is 34.2 Å². The van der Waals surface area contributed by atoms with Crippen molar-refractivity contribution >= 4 is 11.6 Å². The number of carbonyl (C=O) groups excluding carboxylic acids is 2. The van der Waals surface area contributed by atoms with Crippen molar-refractivity contribution in [2.75, 3.05) is 0 Å². The molecule has 1 aromatic rings. The fourth-order valence-corrected chi connectivity index (χ4v) is 2.15. The zero-order valence-corrected chi connectivity index (χ0v) is 13.1. The van der Waals surface area contributed by atoms with Crippen molar-refractivity contribution in [2.24, 2.45) is 0 Å². The van der Waals surface area contributed by atoms with Crippen LogP contribution in [0.25, 0.3) is 0 Å². The maximum atomic E-state index is 11.8. The van der Waals surface area contributed by atoms with Gasteiger partial charge in [-0.2, -0.15) is 0 Å². The number of carbonyl (C=O) groups is 2. The molecular formula is C15H20NO7. The highest BCUT2D eigenvalue weighted by molar-refractivity contribution is 6.06. The summed E-state index contributed by atoms with van der Waals surface area (Å²) < 4.78 is 9.78. The van der Waals surface area contributed by atoms with Gasteiger partial charge >= 0.3 is 0 Å². The Morgan fingerprint density at radius 2 is 2.22 bits per heavy atom. The largest absolute Gasteiger partial charge is 0.390 e. The van der Waals surface area contributed by atoms with Crippen LogP contribution in [0.3, 0.4) is 0 Å². The van der Waals surface area contributed by atoms with E-state index in [4.69, 9.17) is 9.26 Å². The van der Waals surface area contributed by atoms with Crippen molar-refractivity contribution in [3.8, 4) is 0 Å². The molecule has 1 aromatic heterocycles. The average molecular weight is 326 g/mol. The van der Waals surface area contributed by atoms with Gasteiger partial charge in [0.2, 0.25) is 17.3 Å². The molecule has 0 aliphatic carbocycles. The molecule has 23 heavy (non-hydrogen) atoms. The SMILES string of the molecule is Cc1cc(C(=O)CC(=O)C[CH][C@@H]2O[C@@]2(O)[C@](C)(O)[C@H](C)O)on1. The van der Waals surface area contributed by atoms with Crippen molar-refractivity contribution in [3.63, 3.8) is 0 Å². The highest BCUT2D eigenvalue weighted by Gasteiger charge is 2.67. The van der Waals surface area contributed by atoms with Crippen molar-refractivity contribution in [1.82, 2.24) is 5.16 Å². The first kappa shape index (κ1) is 17.7. The van der Waals surface area contributed by atoms with Gasteiger partial charge in [0.1, 0.15) is 17.5 Å². The maximum absolute atomic E-state index is 11.8. The van der Waals surface area contributed by atoms with Crippen LogP contribution >= 0.6 is 0 Å². The number of rotatable bonds is 8. The molecular weight excluding hydrogens is 306 g/mol. The summed E-state index contributed by atoms with van der Waals surface area (Å²) in [5.41, 5.74) is -1.33. The third kappa shape index (κ3) is 3.50. The lowest BCUT2D eigenvalue weighted by Gasteiger charge is -2.29. The molecule has 1 saturated heterocycles. The first-order valence-corrected chi connectivity index (χ1v) is 7.20. The molecule has 2 heterocycles. The van der Waals surface area contributed by atoms with E-state index in [0.717, 1.165) is 0 Å². The Morgan fingerprint density at radius 3 is 2.74 bits per heavy atom. The van der Waals surface area contributed by atoms with Gasteiger partial charge in [0.05, 0.1) is 18.2 Å². The summed E-state index contributed by atoms with van der Waals surface area (Å²) in [4.78, 5) is 23.6. The van der Waals surface area contributed by atoms with Gasteiger partial charge in [-0.3, -0.25) is 9.59 Å². The summed E-state index contributed by atoms with van der Waals surface area (Å²) in [6, 6.07) is 1.45. The first-order chi connectivity index (χ1) is 10.6. The molecule has 1 aliphatic heterocycles. The molecule has 0 spiro atoms. The Morgan fingerprint density at radius 1 is 1.57 bits per heavy atom. The van der Waals surface area contributed by atoms with Crippen LogP contribution in [-0.4, -0.2) is 55.6 Å². The average Bonchev–Trinajstić information content (AvgIpc) is 2.93. The fraction of sp³-hybridized carbons (Fsp3) is 0.600. The number of nitrogens with zero attached hydrogens (tertiary/aromatic N) is 1. The van der Waals surface area contributed by atoms with Gasteiger partial charge in [0.25, 0.3) is 0 Å². The van der Waals surface area contributed by atoms with Crippen molar-refractivity contribution in [2.45, 2.75) is 57.2 Å². The van der Waals surface area contributed by atoms with Crippen LogP contribution in [0.4, 0.5) is 0 Å². The van der Waals surface area contributed by atoms with Crippen LogP contribution < -0.4 is 0 Å². The molecule has 3 N–H and O–H groups in total. The summed E-state index contributed by atoms with van der Waals surface area (Å²) in [5, 5.41) is 33.2. The Bertz CT molecular complexity index is 607.